The van der Waals surface area contributed by atoms with Gasteiger partial charge >= 0.3 is 0 Å². The quantitative estimate of drug-likeness (QED) is 0.890. The van der Waals surface area contributed by atoms with Gasteiger partial charge in [0.2, 0.25) is 0 Å². The molecule has 2 heteroatoms. The van der Waals surface area contributed by atoms with E-state index in [1.807, 2.05) is 12.4 Å². The Kier molecular flexibility index (Phi) is 4.29. The molecule has 0 aliphatic heterocycles. The molecule has 2 N–H and O–H groups in total. The molecule has 1 heterocycles. The van der Waals surface area contributed by atoms with Crippen molar-refractivity contribution in [3.05, 3.63) is 30.1 Å². The highest BCUT2D eigenvalue weighted by molar-refractivity contribution is 5.14. The molecule has 0 bridgehead atoms. The zero-order valence-electron chi connectivity index (χ0n) is 12.7. The molecule has 1 aliphatic rings. The van der Waals surface area contributed by atoms with Crippen LogP contribution in [0.1, 0.15) is 58.4 Å². The van der Waals surface area contributed by atoms with Crippen LogP contribution in [0.15, 0.2) is 24.5 Å². The normalized spacial score (nSPS) is 28.3. The molecule has 19 heavy (non-hydrogen) atoms. The number of hydrogen-bond acceptors (Lipinski definition) is 2. The van der Waals surface area contributed by atoms with Gasteiger partial charge in [0.25, 0.3) is 0 Å². The number of pyridine rings is 1. The van der Waals surface area contributed by atoms with Crippen molar-refractivity contribution >= 4 is 0 Å². The standard InChI is InChI=1S/C17H28N2/c1-4-16(2,3)15-5-9-17(18,10-6-15)13-14-7-11-19-12-8-14/h7-8,11-12,15H,4-6,9-10,13,18H2,1-3H3. The molecular formula is C17H28N2. The van der Waals surface area contributed by atoms with Crippen molar-refractivity contribution in [2.24, 2.45) is 17.1 Å². The van der Waals surface area contributed by atoms with Crippen LogP contribution >= 0.6 is 0 Å². The van der Waals surface area contributed by atoms with E-state index in [-0.39, 0.29) is 5.54 Å². The molecule has 1 aromatic rings. The van der Waals surface area contributed by atoms with Crippen molar-refractivity contribution in [2.45, 2.75) is 64.8 Å². The SMILES string of the molecule is CCC(C)(C)C1CCC(N)(Cc2ccncc2)CC1. The Morgan fingerprint density at radius 2 is 1.84 bits per heavy atom. The summed E-state index contributed by atoms with van der Waals surface area (Å²) in [6.45, 7) is 7.12. The van der Waals surface area contributed by atoms with Gasteiger partial charge in [-0.25, -0.2) is 0 Å². The monoisotopic (exact) mass is 260 g/mol. The maximum atomic E-state index is 6.62. The van der Waals surface area contributed by atoms with Crippen molar-refractivity contribution in [3.8, 4) is 0 Å². The molecule has 1 saturated carbocycles. The molecule has 2 rings (SSSR count). The second-order valence-electron chi connectivity index (χ2n) is 7.01. The maximum absolute atomic E-state index is 6.62. The zero-order valence-corrected chi connectivity index (χ0v) is 12.7. The third-order valence-electron chi connectivity index (χ3n) is 5.30. The summed E-state index contributed by atoms with van der Waals surface area (Å²) in [5.41, 5.74) is 8.41. The van der Waals surface area contributed by atoms with Crippen molar-refractivity contribution < 1.29 is 0 Å². The summed E-state index contributed by atoms with van der Waals surface area (Å²) in [5.74, 6) is 0.839. The second-order valence-corrected chi connectivity index (χ2v) is 7.01. The van der Waals surface area contributed by atoms with Crippen molar-refractivity contribution in [1.29, 1.82) is 0 Å². The summed E-state index contributed by atoms with van der Waals surface area (Å²) < 4.78 is 0. The first-order valence-electron chi connectivity index (χ1n) is 7.63. The summed E-state index contributed by atoms with van der Waals surface area (Å²) in [7, 11) is 0. The van der Waals surface area contributed by atoms with E-state index in [4.69, 9.17) is 5.73 Å². The Morgan fingerprint density at radius 1 is 1.26 bits per heavy atom. The zero-order chi connectivity index (χ0) is 13.9. The highest BCUT2D eigenvalue weighted by Crippen LogP contribution is 2.43. The second kappa shape index (κ2) is 5.62. The Morgan fingerprint density at radius 3 is 2.37 bits per heavy atom. The predicted molar refractivity (Wildman–Crippen MR) is 80.9 cm³/mol. The summed E-state index contributed by atoms with van der Waals surface area (Å²) >= 11 is 0. The van der Waals surface area contributed by atoms with Gasteiger partial charge in [0, 0.05) is 17.9 Å². The smallest absolute Gasteiger partial charge is 0.0270 e. The largest absolute Gasteiger partial charge is 0.325 e. The molecule has 0 aromatic carbocycles. The van der Waals surface area contributed by atoms with Crippen molar-refractivity contribution in [3.63, 3.8) is 0 Å². The molecular weight excluding hydrogens is 232 g/mol. The van der Waals surface area contributed by atoms with Crippen LogP contribution in [0.3, 0.4) is 0 Å². The Labute approximate surface area is 117 Å². The molecule has 0 amide bonds. The van der Waals surface area contributed by atoms with Gasteiger partial charge in [-0.15, -0.1) is 0 Å². The van der Waals surface area contributed by atoms with E-state index in [1.54, 1.807) is 0 Å². The van der Waals surface area contributed by atoms with E-state index in [0.29, 0.717) is 5.41 Å². The molecule has 0 unspecified atom stereocenters. The van der Waals surface area contributed by atoms with Crippen LogP contribution in [0.4, 0.5) is 0 Å². The van der Waals surface area contributed by atoms with Gasteiger partial charge in [0.1, 0.15) is 0 Å². The molecule has 1 aliphatic carbocycles. The summed E-state index contributed by atoms with van der Waals surface area (Å²) in [6, 6.07) is 4.19. The highest BCUT2D eigenvalue weighted by atomic mass is 14.7. The van der Waals surface area contributed by atoms with E-state index in [2.05, 4.69) is 37.9 Å². The minimum atomic E-state index is 0.00166. The van der Waals surface area contributed by atoms with Crippen LogP contribution in [0.2, 0.25) is 0 Å². The molecule has 2 nitrogen and oxygen atoms in total. The van der Waals surface area contributed by atoms with E-state index in [0.717, 1.165) is 25.2 Å². The van der Waals surface area contributed by atoms with Crippen molar-refractivity contribution in [1.82, 2.24) is 4.98 Å². The number of nitrogens with two attached hydrogens (primary N) is 1. The lowest BCUT2D eigenvalue weighted by Gasteiger charge is -2.43. The van der Waals surface area contributed by atoms with Crippen LogP contribution < -0.4 is 5.73 Å². The van der Waals surface area contributed by atoms with Gasteiger partial charge in [-0.3, -0.25) is 4.98 Å². The van der Waals surface area contributed by atoms with Gasteiger partial charge in [-0.2, -0.15) is 0 Å². The minimum absolute atomic E-state index is 0.00166. The molecule has 106 valence electrons. The van der Waals surface area contributed by atoms with Gasteiger partial charge in [-0.1, -0.05) is 27.2 Å². The van der Waals surface area contributed by atoms with Gasteiger partial charge in [0.05, 0.1) is 0 Å². The van der Waals surface area contributed by atoms with Crippen LogP contribution in [0.25, 0.3) is 0 Å². The molecule has 0 atom stereocenters. The lowest BCUT2D eigenvalue weighted by Crippen LogP contribution is -2.47. The molecule has 0 saturated heterocycles. The molecule has 0 spiro atoms. The van der Waals surface area contributed by atoms with Crippen LogP contribution in [-0.2, 0) is 6.42 Å². The van der Waals surface area contributed by atoms with Crippen LogP contribution in [0, 0.1) is 11.3 Å². The van der Waals surface area contributed by atoms with Gasteiger partial charge < -0.3 is 5.73 Å². The van der Waals surface area contributed by atoms with E-state index in [1.165, 1.54) is 24.8 Å². The topological polar surface area (TPSA) is 38.9 Å². The highest BCUT2D eigenvalue weighted by Gasteiger charge is 2.37. The number of hydrogen-bond donors (Lipinski definition) is 1. The van der Waals surface area contributed by atoms with Gasteiger partial charge in [-0.05, 0) is 61.1 Å². The van der Waals surface area contributed by atoms with Crippen molar-refractivity contribution in [2.75, 3.05) is 0 Å². The first kappa shape index (κ1) is 14.5. The fourth-order valence-electron chi connectivity index (χ4n) is 3.35. The summed E-state index contributed by atoms with van der Waals surface area (Å²) in [4.78, 5) is 4.08. The third kappa shape index (κ3) is 3.56. The Bertz CT molecular complexity index is 389. The fraction of sp³-hybridized carbons (Fsp3) is 0.706. The number of aromatic nitrogens is 1. The molecule has 1 fully saturated rings. The molecule has 0 radical (unpaired) electrons. The summed E-state index contributed by atoms with van der Waals surface area (Å²) in [6.07, 6.45) is 10.9. The van der Waals surface area contributed by atoms with Crippen LogP contribution in [0.5, 0.6) is 0 Å². The average molecular weight is 260 g/mol. The first-order chi connectivity index (χ1) is 8.95. The third-order valence-corrected chi connectivity index (χ3v) is 5.30. The summed E-state index contributed by atoms with van der Waals surface area (Å²) in [5, 5.41) is 0. The Hall–Kier alpha value is -0.890. The first-order valence-corrected chi connectivity index (χ1v) is 7.63. The minimum Gasteiger partial charge on any atom is -0.325 e. The van der Waals surface area contributed by atoms with Gasteiger partial charge in [0.15, 0.2) is 0 Å². The van der Waals surface area contributed by atoms with E-state index in [9.17, 15) is 0 Å². The van der Waals surface area contributed by atoms with E-state index >= 15 is 0 Å². The Balaban J connectivity index is 1.95. The lowest BCUT2D eigenvalue weighted by molar-refractivity contribution is 0.115. The average Bonchev–Trinajstić information content (AvgIpc) is 2.40. The maximum Gasteiger partial charge on any atom is 0.0270 e. The van der Waals surface area contributed by atoms with Crippen LogP contribution in [-0.4, -0.2) is 10.5 Å². The fourth-order valence-corrected chi connectivity index (χ4v) is 3.35. The molecule has 1 aromatic heterocycles. The number of rotatable bonds is 4. The predicted octanol–water partition coefficient (Wildman–Crippen LogP) is 3.95. The number of nitrogens with zero attached hydrogens (tertiary/aromatic N) is 1. The van der Waals surface area contributed by atoms with E-state index < -0.39 is 0 Å². The lowest BCUT2D eigenvalue weighted by atomic mass is 9.65.